The Kier molecular flexibility index (Phi) is 3.67. The largest absolute Gasteiger partial charge is 0.349 e. The lowest BCUT2D eigenvalue weighted by Gasteiger charge is -2.41. The van der Waals surface area contributed by atoms with Crippen LogP contribution in [0.25, 0.3) is 0 Å². The first kappa shape index (κ1) is 12.4. The van der Waals surface area contributed by atoms with Gasteiger partial charge in [-0.2, -0.15) is 0 Å². The summed E-state index contributed by atoms with van der Waals surface area (Å²) in [6.45, 7) is 0. The predicted octanol–water partition coefficient (Wildman–Crippen LogP) is 2.65. The van der Waals surface area contributed by atoms with Gasteiger partial charge in [-0.1, -0.05) is 18.2 Å². The van der Waals surface area contributed by atoms with Crippen LogP contribution < -0.4 is 5.32 Å². The average Bonchev–Trinajstić information content (AvgIpc) is 2.27. The van der Waals surface area contributed by atoms with E-state index in [9.17, 15) is 9.18 Å². The molecule has 1 fully saturated rings. The Morgan fingerprint density at radius 1 is 1.41 bits per heavy atom. The average molecular weight is 256 g/mol. The van der Waals surface area contributed by atoms with Crippen molar-refractivity contribution >= 4 is 17.5 Å². The van der Waals surface area contributed by atoms with Gasteiger partial charge in [0.25, 0.3) is 0 Å². The quantitative estimate of drug-likeness (QED) is 0.824. The van der Waals surface area contributed by atoms with Gasteiger partial charge in [-0.25, -0.2) is 4.39 Å². The second-order valence-corrected chi connectivity index (χ2v) is 4.85. The van der Waals surface area contributed by atoms with Crippen LogP contribution in [-0.2, 0) is 11.2 Å². The number of carbonyl (C=O) groups is 1. The molecule has 0 unspecified atom stereocenters. The first-order chi connectivity index (χ1) is 8.15. The molecule has 0 aromatic heterocycles. The smallest absolute Gasteiger partial charge is 0.224 e. The Morgan fingerprint density at radius 3 is 2.65 bits per heavy atom. The highest BCUT2D eigenvalue weighted by atomic mass is 35.5. The highest BCUT2D eigenvalue weighted by molar-refractivity contribution is 6.18. The SMILES string of the molecule is O=C(Cc1ccccc1F)NC1(CCl)CCC1. The third-order valence-corrected chi connectivity index (χ3v) is 3.79. The van der Waals surface area contributed by atoms with Crippen molar-refractivity contribution in [1.82, 2.24) is 5.32 Å². The molecule has 1 N–H and O–H groups in total. The molecule has 0 radical (unpaired) electrons. The van der Waals surface area contributed by atoms with Crippen molar-refractivity contribution in [2.24, 2.45) is 0 Å². The second kappa shape index (κ2) is 5.05. The lowest BCUT2D eigenvalue weighted by molar-refractivity contribution is -0.123. The van der Waals surface area contributed by atoms with E-state index in [0.29, 0.717) is 11.4 Å². The topological polar surface area (TPSA) is 29.1 Å². The number of alkyl halides is 1. The zero-order chi connectivity index (χ0) is 12.3. The fraction of sp³-hybridized carbons (Fsp3) is 0.462. The predicted molar refractivity (Wildman–Crippen MR) is 65.5 cm³/mol. The van der Waals surface area contributed by atoms with E-state index in [4.69, 9.17) is 11.6 Å². The summed E-state index contributed by atoms with van der Waals surface area (Å²) in [5.74, 6) is -0.0673. The Hall–Kier alpha value is -1.09. The van der Waals surface area contributed by atoms with Crippen LogP contribution in [-0.4, -0.2) is 17.3 Å². The third kappa shape index (κ3) is 2.78. The van der Waals surface area contributed by atoms with Crippen molar-refractivity contribution in [3.63, 3.8) is 0 Å². The molecule has 1 amide bonds. The van der Waals surface area contributed by atoms with Gasteiger partial charge in [0, 0.05) is 5.88 Å². The first-order valence-electron chi connectivity index (χ1n) is 5.76. The fourth-order valence-electron chi connectivity index (χ4n) is 2.05. The molecule has 0 saturated heterocycles. The van der Waals surface area contributed by atoms with Gasteiger partial charge in [0.2, 0.25) is 5.91 Å². The minimum atomic E-state index is -0.337. The number of halogens is 2. The van der Waals surface area contributed by atoms with Crippen molar-refractivity contribution in [2.75, 3.05) is 5.88 Å². The summed E-state index contributed by atoms with van der Waals surface area (Å²) in [6.07, 6.45) is 3.00. The number of hydrogen-bond donors (Lipinski definition) is 1. The van der Waals surface area contributed by atoms with Crippen LogP contribution in [0.3, 0.4) is 0 Å². The first-order valence-corrected chi connectivity index (χ1v) is 6.29. The van der Waals surface area contributed by atoms with E-state index in [-0.39, 0.29) is 23.7 Å². The maximum atomic E-state index is 13.4. The Balaban J connectivity index is 1.96. The molecule has 1 aromatic rings. The van der Waals surface area contributed by atoms with E-state index < -0.39 is 0 Å². The number of nitrogens with one attached hydrogen (secondary N) is 1. The van der Waals surface area contributed by atoms with Crippen LogP contribution in [0.15, 0.2) is 24.3 Å². The van der Waals surface area contributed by atoms with Gasteiger partial charge in [0.05, 0.1) is 12.0 Å². The van der Waals surface area contributed by atoms with Crippen LogP contribution >= 0.6 is 11.6 Å². The minimum absolute atomic E-state index is 0.0747. The molecule has 1 aliphatic rings. The van der Waals surface area contributed by atoms with Gasteiger partial charge in [0.1, 0.15) is 5.82 Å². The minimum Gasteiger partial charge on any atom is -0.349 e. The molecule has 0 bridgehead atoms. The van der Waals surface area contributed by atoms with Gasteiger partial charge in [0.15, 0.2) is 0 Å². The van der Waals surface area contributed by atoms with Crippen LogP contribution in [0, 0.1) is 5.82 Å². The Bertz CT molecular complexity index is 412. The Morgan fingerprint density at radius 2 is 2.12 bits per heavy atom. The maximum absolute atomic E-state index is 13.4. The number of carbonyl (C=O) groups excluding carboxylic acids is 1. The van der Waals surface area contributed by atoms with E-state index in [1.54, 1.807) is 18.2 Å². The molecule has 0 aliphatic heterocycles. The molecule has 1 aliphatic carbocycles. The molecule has 4 heteroatoms. The highest BCUT2D eigenvalue weighted by Crippen LogP contribution is 2.32. The molecule has 0 heterocycles. The van der Waals surface area contributed by atoms with Gasteiger partial charge >= 0.3 is 0 Å². The number of amides is 1. The lowest BCUT2D eigenvalue weighted by atomic mass is 9.78. The standard InChI is InChI=1S/C13H15ClFNO/c14-9-13(6-3-7-13)16-12(17)8-10-4-1-2-5-11(10)15/h1-2,4-5H,3,6-9H2,(H,16,17). The van der Waals surface area contributed by atoms with Crippen molar-refractivity contribution in [2.45, 2.75) is 31.2 Å². The molecule has 1 aromatic carbocycles. The number of benzene rings is 1. The van der Waals surface area contributed by atoms with Crippen LogP contribution in [0.5, 0.6) is 0 Å². The summed E-state index contributed by atoms with van der Waals surface area (Å²) >= 11 is 5.85. The fourth-order valence-corrected chi connectivity index (χ4v) is 2.38. The number of rotatable bonds is 4. The van der Waals surface area contributed by atoms with Crippen molar-refractivity contribution in [3.05, 3.63) is 35.6 Å². The molecule has 2 rings (SSSR count). The van der Waals surface area contributed by atoms with Crippen LogP contribution in [0.1, 0.15) is 24.8 Å². The van der Waals surface area contributed by atoms with Gasteiger partial charge in [-0.05, 0) is 30.9 Å². The number of hydrogen-bond acceptors (Lipinski definition) is 1. The molecule has 92 valence electrons. The third-order valence-electron chi connectivity index (χ3n) is 3.28. The molecule has 0 atom stereocenters. The van der Waals surface area contributed by atoms with Crippen molar-refractivity contribution < 1.29 is 9.18 Å². The highest BCUT2D eigenvalue weighted by Gasteiger charge is 2.37. The van der Waals surface area contributed by atoms with E-state index in [1.807, 2.05) is 0 Å². The van der Waals surface area contributed by atoms with Gasteiger partial charge in [-0.15, -0.1) is 11.6 Å². The summed E-state index contributed by atoms with van der Waals surface area (Å²) < 4.78 is 13.4. The summed E-state index contributed by atoms with van der Waals surface area (Å²) in [5.41, 5.74) is 0.179. The lowest BCUT2D eigenvalue weighted by Crippen LogP contribution is -2.55. The van der Waals surface area contributed by atoms with Crippen LogP contribution in [0.2, 0.25) is 0 Å². The summed E-state index contributed by atoms with van der Waals surface area (Å²) in [6, 6.07) is 6.33. The van der Waals surface area contributed by atoms with Gasteiger partial charge < -0.3 is 5.32 Å². The molecular formula is C13H15ClFNO. The van der Waals surface area contributed by atoms with Gasteiger partial charge in [-0.3, -0.25) is 4.79 Å². The summed E-state index contributed by atoms with van der Waals surface area (Å²) in [4.78, 5) is 11.8. The maximum Gasteiger partial charge on any atom is 0.224 e. The molecule has 17 heavy (non-hydrogen) atoms. The van der Waals surface area contributed by atoms with E-state index >= 15 is 0 Å². The van der Waals surface area contributed by atoms with Crippen LogP contribution in [0.4, 0.5) is 4.39 Å². The summed E-state index contributed by atoms with van der Waals surface area (Å²) in [7, 11) is 0. The zero-order valence-electron chi connectivity index (χ0n) is 9.51. The monoisotopic (exact) mass is 255 g/mol. The molecule has 2 nitrogen and oxygen atoms in total. The second-order valence-electron chi connectivity index (χ2n) is 4.58. The Labute approximate surface area is 105 Å². The van der Waals surface area contributed by atoms with E-state index in [2.05, 4.69) is 5.32 Å². The normalized spacial score (nSPS) is 17.3. The van der Waals surface area contributed by atoms with E-state index in [0.717, 1.165) is 19.3 Å². The summed E-state index contributed by atoms with van der Waals surface area (Å²) in [5, 5.41) is 2.92. The molecule has 0 spiro atoms. The van der Waals surface area contributed by atoms with E-state index in [1.165, 1.54) is 6.07 Å². The molecule has 1 saturated carbocycles. The van der Waals surface area contributed by atoms with Crippen molar-refractivity contribution in [1.29, 1.82) is 0 Å². The van der Waals surface area contributed by atoms with Crippen molar-refractivity contribution in [3.8, 4) is 0 Å². The molecular weight excluding hydrogens is 241 g/mol. The zero-order valence-corrected chi connectivity index (χ0v) is 10.3.